The Balaban J connectivity index is 2.07. The summed E-state index contributed by atoms with van der Waals surface area (Å²) in [6.45, 7) is 5.87. The van der Waals surface area contributed by atoms with Crippen molar-refractivity contribution in [2.75, 3.05) is 13.2 Å². The smallest absolute Gasteiger partial charge is 0.119 e. The Kier molecular flexibility index (Phi) is 4.28. The van der Waals surface area contributed by atoms with Gasteiger partial charge in [-0.15, -0.1) is 0 Å². The first kappa shape index (κ1) is 13.4. The predicted molar refractivity (Wildman–Crippen MR) is 76.0 cm³/mol. The molecule has 1 saturated carbocycles. The van der Waals surface area contributed by atoms with Gasteiger partial charge in [-0.1, -0.05) is 38.8 Å². The minimum absolute atomic E-state index is 0.233. The second-order valence-corrected chi connectivity index (χ2v) is 5.92. The van der Waals surface area contributed by atoms with Gasteiger partial charge >= 0.3 is 0 Å². The van der Waals surface area contributed by atoms with Gasteiger partial charge < -0.3 is 10.5 Å². The Hall–Kier alpha value is -1.02. The zero-order valence-electron chi connectivity index (χ0n) is 11.6. The molecule has 100 valence electrons. The maximum Gasteiger partial charge on any atom is 0.119 e. The molecule has 0 radical (unpaired) electrons. The van der Waals surface area contributed by atoms with E-state index in [1.165, 1.54) is 31.2 Å². The largest absolute Gasteiger partial charge is 0.493 e. The van der Waals surface area contributed by atoms with Gasteiger partial charge in [-0.2, -0.15) is 0 Å². The summed E-state index contributed by atoms with van der Waals surface area (Å²) < 4.78 is 5.72. The maximum absolute atomic E-state index is 6.01. The van der Waals surface area contributed by atoms with E-state index in [-0.39, 0.29) is 5.41 Å². The van der Waals surface area contributed by atoms with Gasteiger partial charge in [0.15, 0.2) is 0 Å². The summed E-state index contributed by atoms with van der Waals surface area (Å²) in [5.74, 6) is 1.53. The fourth-order valence-electron chi connectivity index (χ4n) is 2.83. The normalized spacial score (nSPS) is 18.2. The van der Waals surface area contributed by atoms with E-state index in [0.717, 1.165) is 18.9 Å². The van der Waals surface area contributed by atoms with Gasteiger partial charge in [-0.3, -0.25) is 0 Å². The molecule has 1 aliphatic rings. The molecule has 0 atom stereocenters. The van der Waals surface area contributed by atoms with E-state index in [0.29, 0.717) is 5.92 Å². The van der Waals surface area contributed by atoms with E-state index in [1.54, 1.807) is 0 Å². The topological polar surface area (TPSA) is 35.2 Å². The molecule has 1 aromatic carbocycles. The number of benzene rings is 1. The Morgan fingerprint density at radius 3 is 2.28 bits per heavy atom. The highest BCUT2D eigenvalue weighted by atomic mass is 16.5. The average Bonchev–Trinajstić information content (AvgIpc) is 2.87. The third-order valence-corrected chi connectivity index (χ3v) is 4.00. The lowest BCUT2D eigenvalue weighted by atomic mass is 9.79. The molecule has 0 aliphatic heterocycles. The highest BCUT2D eigenvalue weighted by Crippen LogP contribution is 2.40. The first-order valence-corrected chi connectivity index (χ1v) is 7.10. The molecule has 2 rings (SSSR count). The summed E-state index contributed by atoms with van der Waals surface area (Å²) in [5.41, 5.74) is 7.63. The Morgan fingerprint density at radius 1 is 1.17 bits per heavy atom. The highest BCUT2D eigenvalue weighted by Gasteiger charge is 2.33. The van der Waals surface area contributed by atoms with Gasteiger partial charge in [0.1, 0.15) is 5.75 Å². The van der Waals surface area contributed by atoms with Crippen molar-refractivity contribution in [2.45, 2.75) is 44.9 Å². The van der Waals surface area contributed by atoms with Crippen molar-refractivity contribution in [3.63, 3.8) is 0 Å². The van der Waals surface area contributed by atoms with E-state index in [2.05, 4.69) is 38.1 Å². The first-order valence-electron chi connectivity index (χ1n) is 7.10. The van der Waals surface area contributed by atoms with Crippen LogP contribution in [0.5, 0.6) is 5.75 Å². The molecule has 1 aromatic rings. The van der Waals surface area contributed by atoms with Crippen LogP contribution in [0.25, 0.3) is 0 Å². The molecular weight excluding hydrogens is 222 g/mol. The molecule has 0 spiro atoms. The average molecular weight is 247 g/mol. The second-order valence-electron chi connectivity index (χ2n) is 5.92. The van der Waals surface area contributed by atoms with Crippen LogP contribution in [-0.2, 0) is 5.41 Å². The summed E-state index contributed by atoms with van der Waals surface area (Å²) >= 11 is 0. The van der Waals surface area contributed by atoms with Crippen molar-refractivity contribution in [3.8, 4) is 5.75 Å². The minimum Gasteiger partial charge on any atom is -0.493 e. The Labute approximate surface area is 111 Å². The molecule has 2 N–H and O–H groups in total. The van der Waals surface area contributed by atoms with E-state index >= 15 is 0 Å². The van der Waals surface area contributed by atoms with Crippen LogP contribution in [0.4, 0.5) is 0 Å². The first-order chi connectivity index (χ1) is 8.66. The Bertz CT molecular complexity index is 363. The number of hydrogen-bond acceptors (Lipinski definition) is 2. The third kappa shape index (κ3) is 2.86. The standard InChI is InChI=1S/C16H25NO/c1-13(2)11-18-15-7-5-14(6-8-15)16(12-17)9-3-4-10-16/h5-8,13H,3-4,9-12,17H2,1-2H3. The van der Waals surface area contributed by atoms with E-state index in [1.807, 2.05) is 0 Å². The van der Waals surface area contributed by atoms with Crippen LogP contribution in [0, 0.1) is 5.92 Å². The van der Waals surface area contributed by atoms with Crippen LogP contribution in [0.2, 0.25) is 0 Å². The molecule has 2 heteroatoms. The van der Waals surface area contributed by atoms with Crippen molar-refractivity contribution in [1.29, 1.82) is 0 Å². The van der Waals surface area contributed by atoms with Crippen LogP contribution < -0.4 is 10.5 Å². The van der Waals surface area contributed by atoms with Gasteiger partial charge in [-0.05, 0) is 36.5 Å². The molecule has 1 aliphatic carbocycles. The van der Waals surface area contributed by atoms with Gasteiger partial charge in [0, 0.05) is 12.0 Å². The Morgan fingerprint density at radius 2 is 1.78 bits per heavy atom. The molecule has 0 aromatic heterocycles. The highest BCUT2D eigenvalue weighted by molar-refractivity contribution is 5.33. The summed E-state index contributed by atoms with van der Waals surface area (Å²) in [6.07, 6.45) is 5.08. The monoisotopic (exact) mass is 247 g/mol. The van der Waals surface area contributed by atoms with Crippen LogP contribution in [0.15, 0.2) is 24.3 Å². The maximum atomic E-state index is 6.01. The molecule has 0 unspecified atom stereocenters. The van der Waals surface area contributed by atoms with Crippen molar-refractivity contribution < 1.29 is 4.74 Å². The molecule has 0 amide bonds. The fourth-order valence-corrected chi connectivity index (χ4v) is 2.83. The van der Waals surface area contributed by atoms with Gasteiger partial charge in [0.25, 0.3) is 0 Å². The zero-order valence-corrected chi connectivity index (χ0v) is 11.6. The van der Waals surface area contributed by atoms with Crippen LogP contribution in [-0.4, -0.2) is 13.2 Å². The second kappa shape index (κ2) is 5.75. The molecular formula is C16H25NO. The van der Waals surface area contributed by atoms with Gasteiger partial charge in [-0.25, -0.2) is 0 Å². The molecule has 0 heterocycles. The van der Waals surface area contributed by atoms with Gasteiger partial charge in [0.05, 0.1) is 6.61 Å². The molecule has 18 heavy (non-hydrogen) atoms. The van der Waals surface area contributed by atoms with Gasteiger partial charge in [0.2, 0.25) is 0 Å². The number of ether oxygens (including phenoxy) is 1. The predicted octanol–water partition coefficient (Wildman–Crippen LogP) is 3.49. The van der Waals surface area contributed by atoms with Crippen LogP contribution in [0.3, 0.4) is 0 Å². The van der Waals surface area contributed by atoms with E-state index < -0.39 is 0 Å². The third-order valence-electron chi connectivity index (χ3n) is 4.00. The SMILES string of the molecule is CC(C)COc1ccc(C2(CN)CCCC2)cc1. The van der Waals surface area contributed by atoms with E-state index in [9.17, 15) is 0 Å². The lowest BCUT2D eigenvalue weighted by Crippen LogP contribution is -2.31. The van der Waals surface area contributed by atoms with Crippen LogP contribution >= 0.6 is 0 Å². The molecule has 0 bridgehead atoms. The molecule has 2 nitrogen and oxygen atoms in total. The lowest BCUT2D eigenvalue weighted by molar-refractivity contribution is 0.271. The van der Waals surface area contributed by atoms with Crippen molar-refractivity contribution >= 4 is 0 Å². The molecule has 0 saturated heterocycles. The summed E-state index contributed by atoms with van der Waals surface area (Å²) in [5, 5.41) is 0. The number of hydrogen-bond donors (Lipinski definition) is 1. The van der Waals surface area contributed by atoms with Crippen LogP contribution in [0.1, 0.15) is 45.1 Å². The van der Waals surface area contributed by atoms with Crippen molar-refractivity contribution in [1.82, 2.24) is 0 Å². The quantitative estimate of drug-likeness (QED) is 0.864. The minimum atomic E-state index is 0.233. The van der Waals surface area contributed by atoms with Crippen molar-refractivity contribution in [3.05, 3.63) is 29.8 Å². The lowest BCUT2D eigenvalue weighted by Gasteiger charge is -2.28. The molecule has 1 fully saturated rings. The zero-order chi connectivity index (χ0) is 13.0. The summed E-state index contributed by atoms with van der Waals surface area (Å²) in [6, 6.07) is 8.59. The number of rotatable bonds is 5. The number of nitrogens with two attached hydrogens (primary N) is 1. The summed E-state index contributed by atoms with van der Waals surface area (Å²) in [7, 11) is 0. The summed E-state index contributed by atoms with van der Waals surface area (Å²) in [4.78, 5) is 0. The van der Waals surface area contributed by atoms with E-state index in [4.69, 9.17) is 10.5 Å². The fraction of sp³-hybridized carbons (Fsp3) is 0.625. The van der Waals surface area contributed by atoms with Crippen molar-refractivity contribution in [2.24, 2.45) is 11.7 Å².